The molecule has 7 nitrogen and oxygen atoms in total. The SMILES string of the molecule is N#Cc1cc(-n2c3cc(-c4cccnc4-c4ccccc4)ccc3c3ccc(-c4cccnc4-c4ccccc4)cc32)c(-c2cc(F)cc(F)c2)cc1-n1c2cc(-c3cccnc3-c3ccccc3)ccc2c2ccc(-c3cccnc3-c3ccccc3)cc21. The molecule has 0 atom stereocenters. The van der Waals surface area contributed by atoms with Crippen LogP contribution in [0.4, 0.5) is 8.78 Å². The number of hydrogen-bond acceptors (Lipinski definition) is 5. The zero-order valence-electron chi connectivity index (χ0n) is 48.2. The number of hydrogen-bond donors (Lipinski definition) is 0. The first-order valence-electron chi connectivity index (χ1n) is 29.7. The Morgan fingerprint density at radius 2 is 0.578 bits per heavy atom. The van der Waals surface area contributed by atoms with Crippen molar-refractivity contribution in [2.45, 2.75) is 0 Å². The van der Waals surface area contributed by atoms with Crippen molar-refractivity contribution in [3.05, 3.63) is 315 Å². The van der Waals surface area contributed by atoms with Crippen molar-refractivity contribution in [2.75, 3.05) is 0 Å². The van der Waals surface area contributed by atoms with Crippen LogP contribution in [-0.4, -0.2) is 29.1 Å². The van der Waals surface area contributed by atoms with Gasteiger partial charge in [-0.2, -0.15) is 5.26 Å². The van der Waals surface area contributed by atoms with E-state index in [1.54, 1.807) is 12.4 Å². The Kier molecular flexibility index (Phi) is 13.2. The molecular formula is C81H49F2N7. The second-order valence-electron chi connectivity index (χ2n) is 22.3. The fourth-order valence-electron chi connectivity index (χ4n) is 13.1. The van der Waals surface area contributed by atoms with Gasteiger partial charge >= 0.3 is 0 Å². The lowest BCUT2D eigenvalue weighted by Crippen LogP contribution is -2.04. The first kappa shape index (κ1) is 53.2. The van der Waals surface area contributed by atoms with Crippen molar-refractivity contribution in [2.24, 2.45) is 0 Å². The van der Waals surface area contributed by atoms with Gasteiger partial charge < -0.3 is 9.13 Å². The molecular weight excluding hydrogens is 1110 g/mol. The van der Waals surface area contributed by atoms with Crippen LogP contribution in [0.15, 0.2) is 298 Å². The summed E-state index contributed by atoms with van der Waals surface area (Å²) in [6.45, 7) is 0. The smallest absolute Gasteiger partial charge is 0.126 e. The predicted molar refractivity (Wildman–Crippen MR) is 360 cm³/mol. The molecule has 422 valence electrons. The molecule has 0 bridgehead atoms. The fourth-order valence-corrected chi connectivity index (χ4v) is 13.1. The van der Waals surface area contributed by atoms with Gasteiger partial charge in [0.2, 0.25) is 0 Å². The van der Waals surface area contributed by atoms with Gasteiger partial charge in [0.05, 0.1) is 61.8 Å². The van der Waals surface area contributed by atoms with Gasteiger partial charge in [0.15, 0.2) is 0 Å². The minimum absolute atomic E-state index is 0.278. The molecule has 0 unspecified atom stereocenters. The van der Waals surface area contributed by atoms with E-state index in [9.17, 15) is 5.26 Å². The van der Waals surface area contributed by atoms with Crippen molar-refractivity contribution in [1.29, 1.82) is 5.26 Å². The number of nitrogens with zero attached hydrogens (tertiary/aromatic N) is 7. The molecule has 10 aromatic carbocycles. The molecule has 0 aliphatic rings. The van der Waals surface area contributed by atoms with E-state index in [1.807, 2.05) is 122 Å². The monoisotopic (exact) mass is 1160 g/mol. The summed E-state index contributed by atoms with van der Waals surface area (Å²) in [5.41, 5.74) is 19.8. The van der Waals surface area contributed by atoms with Gasteiger partial charge in [0, 0.05) is 102 Å². The van der Waals surface area contributed by atoms with Crippen molar-refractivity contribution in [1.82, 2.24) is 29.1 Å². The Balaban J connectivity index is 1.01. The highest BCUT2D eigenvalue weighted by atomic mass is 19.1. The maximum Gasteiger partial charge on any atom is 0.126 e. The minimum Gasteiger partial charge on any atom is -0.309 e. The van der Waals surface area contributed by atoms with Crippen LogP contribution in [0.2, 0.25) is 0 Å². The number of benzene rings is 10. The Labute approximate surface area is 517 Å². The second-order valence-corrected chi connectivity index (χ2v) is 22.3. The van der Waals surface area contributed by atoms with E-state index in [1.165, 1.54) is 12.1 Å². The van der Waals surface area contributed by atoms with Crippen molar-refractivity contribution in [3.8, 4) is 118 Å². The van der Waals surface area contributed by atoms with Crippen LogP contribution in [0.1, 0.15) is 5.56 Å². The van der Waals surface area contributed by atoms with Gasteiger partial charge in [-0.15, -0.1) is 0 Å². The molecule has 0 saturated carbocycles. The van der Waals surface area contributed by atoms with E-state index in [-0.39, 0.29) is 5.56 Å². The van der Waals surface area contributed by atoms with E-state index < -0.39 is 11.6 Å². The first-order valence-corrected chi connectivity index (χ1v) is 29.7. The minimum atomic E-state index is -0.744. The topological polar surface area (TPSA) is 85.2 Å². The standard InChI is InChI=1S/C81H49F2N7/c82-61-41-59(42-62(83)48-61)71-49-72(89-73-43-55(63-25-13-37-85-78(63)51-17-5-1-6-18-51)29-33-67(73)68-34-30-56(44-74(68)89)64-26-14-38-86-79(64)52-19-7-2-8-20-52)60(50-84)47-77(71)90-75-45-57(65-27-15-39-87-80(65)53-21-9-3-10-22-53)31-35-69(75)70-36-32-58(46-76(70)90)66-28-16-40-88-81(66)54-23-11-4-12-24-54/h1-49H. The predicted octanol–water partition coefficient (Wildman–Crippen LogP) is 20.6. The maximum atomic E-state index is 16.3. The summed E-state index contributed by atoms with van der Waals surface area (Å²) in [6.07, 6.45) is 7.23. The van der Waals surface area contributed by atoms with Gasteiger partial charge in [-0.25, -0.2) is 8.78 Å². The van der Waals surface area contributed by atoms with Crippen LogP contribution in [0.5, 0.6) is 0 Å². The highest BCUT2D eigenvalue weighted by Crippen LogP contribution is 2.46. The summed E-state index contributed by atoms with van der Waals surface area (Å²) in [5, 5.41) is 15.7. The Morgan fingerprint density at radius 3 is 0.889 bits per heavy atom. The highest BCUT2D eigenvalue weighted by molar-refractivity contribution is 6.14. The lowest BCUT2D eigenvalue weighted by atomic mass is 9.97. The van der Waals surface area contributed by atoms with Crippen LogP contribution in [0.25, 0.3) is 156 Å². The fraction of sp³-hybridized carbons (Fsp3) is 0. The summed E-state index contributed by atoms with van der Waals surface area (Å²) in [4.78, 5) is 19.7. The van der Waals surface area contributed by atoms with Crippen molar-refractivity contribution < 1.29 is 8.78 Å². The van der Waals surface area contributed by atoms with Gasteiger partial charge in [0.25, 0.3) is 0 Å². The van der Waals surface area contributed by atoms with Crippen LogP contribution in [-0.2, 0) is 0 Å². The molecule has 0 saturated heterocycles. The zero-order valence-corrected chi connectivity index (χ0v) is 48.2. The molecule has 90 heavy (non-hydrogen) atoms. The third-order valence-electron chi connectivity index (χ3n) is 17.1. The summed E-state index contributed by atoms with van der Waals surface area (Å²) in [5.74, 6) is -1.49. The molecule has 0 fully saturated rings. The molecule has 16 rings (SSSR count). The average Bonchev–Trinajstić information content (AvgIpc) is 1.57. The van der Waals surface area contributed by atoms with Crippen LogP contribution >= 0.6 is 0 Å². The van der Waals surface area contributed by atoms with E-state index >= 15 is 8.78 Å². The van der Waals surface area contributed by atoms with E-state index in [0.29, 0.717) is 22.5 Å². The lowest BCUT2D eigenvalue weighted by Gasteiger charge is -2.20. The van der Waals surface area contributed by atoms with Gasteiger partial charge in [-0.3, -0.25) is 19.9 Å². The van der Waals surface area contributed by atoms with Gasteiger partial charge in [0.1, 0.15) is 17.7 Å². The maximum absolute atomic E-state index is 16.3. The van der Waals surface area contributed by atoms with Crippen LogP contribution < -0.4 is 0 Å². The molecule has 0 radical (unpaired) electrons. The largest absolute Gasteiger partial charge is 0.309 e. The Morgan fingerprint density at radius 1 is 0.267 bits per heavy atom. The van der Waals surface area contributed by atoms with E-state index in [2.05, 4.69) is 161 Å². The summed E-state index contributed by atoms with van der Waals surface area (Å²) in [7, 11) is 0. The molecule has 0 amide bonds. The normalized spacial score (nSPS) is 11.4. The highest BCUT2D eigenvalue weighted by Gasteiger charge is 2.26. The number of fused-ring (bicyclic) bond motifs is 6. The molecule has 0 aliphatic carbocycles. The van der Waals surface area contributed by atoms with Crippen LogP contribution in [0, 0.1) is 23.0 Å². The second kappa shape index (κ2) is 22.2. The summed E-state index contributed by atoms with van der Waals surface area (Å²) >= 11 is 0. The van der Waals surface area contributed by atoms with E-state index in [0.717, 1.165) is 139 Å². The molecule has 16 aromatic rings. The molecule has 6 heterocycles. The number of pyridine rings is 4. The summed E-state index contributed by atoms with van der Waals surface area (Å²) < 4.78 is 36.8. The first-order chi connectivity index (χ1) is 44.4. The zero-order chi connectivity index (χ0) is 60.2. The molecule has 0 N–H and O–H groups in total. The molecule has 0 spiro atoms. The van der Waals surface area contributed by atoms with Crippen molar-refractivity contribution in [3.63, 3.8) is 0 Å². The summed E-state index contributed by atoms with van der Waals surface area (Å²) in [6, 6.07) is 92.4. The number of rotatable bonds is 11. The molecule has 9 heteroatoms. The van der Waals surface area contributed by atoms with Crippen LogP contribution in [0.3, 0.4) is 0 Å². The molecule has 6 aromatic heterocycles. The van der Waals surface area contributed by atoms with Crippen molar-refractivity contribution >= 4 is 43.6 Å². The van der Waals surface area contributed by atoms with Gasteiger partial charge in [-0.05, 0) is 101 Å². The quantitative estimate of drug-likeness (QED) is 0.129. The molecule has 0 aliphatic heterocycles. The Hall–Kier alpha value is -12.3. The lowest BCUT2D eigenvalue weighted by molar-refractivity contribution is 0.584. The number of nitriles is 1. The third-order valence-corrected chi connectivity index (χ3v) is 17.1. The van der Waals surface area contributed by atoms with E-state index in [4.69, 9.17) is 19.9 Å². The average molecular weight is 1160 g/mol. The Bertz CT molecular complexity index is 5220. The number of halogens is 2. The number of aromatic nitrogens is 6. The van der Waals surface area contributed by atoms with Gasteiger partial charge in [-0.1, -0.05) is 194 Å². The third kappa shape index (κ3) is 9.26.